The Balaban J connectivity index is 1.68. The van der Waals surface area contributed by atoms with Crippen molar-refractivity contribution in [3.63, 3.8) is 0 Å². The maximum atomic E-state index is 13.3. The molecule has 0 saturated carbocycles. The number of aromatic nitrogens is 2. The highest BCUT2D eigenvalue weighted by Gasteiger charge is 2.39. The Morgan fingerprint density at radius 2 is 1.97 bits per heavy atom. The molecule has 0 fully saturated rings. The molecule has 0 saturated heterocycles. The first-order valence-electron chi connectivity index (χ1n) is 9.49. The summed E-state index contributed by atoms with van der Waals surface area (Å²) in [4.78, 5) is 13.2. The molecule has 0 aliphatic carbocycles. The Hall–Kier alpha value is -3.37. The van der Waals surface area contributed by atoms with Crippen molar-refractivity contribution in [3.05, 3.63) is 64.8 Å². The molecule has 162 valence electrons. The lowest BCUT2D eigenvalue weighted by Crippen LogP contribution is -2.24. The number of aryl methyl sites for hydroxylation is 1. The normalized spacial score (nSPS) is 15.4. The quantitative estimate of drug-likeness (QED) is 0.536. The van der Waals surface area contributed by atoms with E-state index in [4.69, 9.17) is 9.47 Å². The van der Waals surface area contributed by atoms with E-state index < -0.39 is 21.1 Å². The second-order valence-corrected chi connectivity index (χ2v) is 9.14. The first-order valence-corrected chi connectivity index (χ1v) is 11.0. The molecule has 1 aliphatic heterocycles. The lowest BCUT2D eigenvalue weighted by molar-refractivity contribution is 0.102. The number of carbonyl (C=O) groups is 1. The van der Waals surface area contributed by atoms with Crippen LogP contribution >= 0.6 is 0 Å². The number of amides is 1. The van der Waals surface area contributed by atoms with Crippen molar-refractivity contribution in [2.45, 2.75) is 23.7 Å². The van der Waals surface area contributed by atoms with Crippen LogP contribution in [0.25, 0.3) is 0 Å². The molecule has 1 atom stereocenters. The molecule has 1 amide bonds. The lowest BCUT2D eigenvalue weighted by Gasteiger charge is -2.15. The number of fused-ring (bicyclic) bond motifs is 1. The number of rotatable bonds is 6. The van der Waals surface area contributed by atoms with E-state index in [0.717, 1.165) is 5.56 Å². The van der Waals surface area contributed by atoms with E-state index in [-0.39, 0.29) is 22.8 Å². The molecule has 2 heterocycles. The molecule has 9 nitrogen and oxygen atoms in total. The molecule has 0 radical (unpaired) electrons. The first-order chi connectivity index (χ1) is 14.8. The number of hydrogen-bond donors (Lipinski definition) is 3. The lowest BCUT2D eigenvalue weighted by atomic mass is 10.1. The molecule has 10 heteroatoms. The van der Waals surface area contributed by atoms with E-state index in [1.54, 1.807) is 36.4 Å². The highest BCUT2D eigenvalue weighted by molar-refractivity contribution is 7.91. The molecule has 1 unspecified atom stereocenters. The highest BCUT2D eigenvalue weighted by Crippen LogP contribution is 2.37. The van der Waals surface area contributed by atoms with E-state index >= 15 is 0 Å². The number of methoxy groups -OCH3 is 2. The number of aromatic amines is 1. The van der Waals surface area contributed by atoms with Crippen LogP contribution in [0.2, 0.25) is 0 Å². The number of nitrogens with one attached hydrogen (secondary N) is 3. The minimum atomic E-state index is -3.76. The number of carbonyl (C=O) groups excluding carboxylic acids is 1. The number of nitrogens with zero attached hydrogens (tertiary/aromatic N) is 1. The molecule has 0 spiro atoms. The van der Waals surface area contributed by atoms with Crippen LogP contribution in [0.3, 0.4) is 0 Å². The number of ether oxygens (including phenoxy) is 2. The van der Waals surface area contributed by atoms with Crippen molar-refractivity contribution >= 4 is 21.6 Å². The number of H-pyrrole nitrogens is 1. The molecule has 3 N–H and O–H groups in total. The van der Waals surface area contributed by atoms with Gasteiger partial charge in [0.25, 0.3) is 5.91 Å². The fourth-order valence-corrected chi connectivity index (χ4v) is 5.31. The summed E-state index contributed by atoms with van der Waals surface area (Å²) in [5, 5.41) is 11.6. The Kier molecular flexibility index (Phi) is 5.42. The average Bonchev–Trinajstić information content (AvgIpc) is 3.36. The zero-order valence-corrected chi connectivity index (χ0v) is 18.0. The fraction of sp³-hybridized carbons (Fsp3) is 0.238. The third kappa shape index (κ3) is 3.75. The van der Waals surface area contributed by atoms with Gasteiger partial charge >= 0.3 is 0 Å². The number of hydrogen-bond acceptors (Lipinski definition) is 7. The van der Waals surface area contributed by atoms with Crippen LogP contribution in [0, 0.1) is 6.92 Å². The molecule has 31 heavy (non-hydrogen) atoms. The van der Waals surface area contributed by atoms with Gasteiger partial charge in [0.15, 0.2) is 15.7 Å². The zero-order chi connectivity index (χ0) is 22.2. The summed E-state index contributed by atoms with van der Waals surface area (Å²) < 4.78 is 37.0. The predicted octanol–water partition coefficient (Wildman–Crippen LogP) is 2.56. The topological polar surface area (TPSA) is 122 Å². The van der Waals surface area contributed by atoms with Gasteiger partial charge in [-0.15, -0.1) is 0 Å². The summed E-state index contributed by atoms with van der Waals surface area (Å²) >= 11 is 0. The first kappa shape index (κ1) is 20.9. The summed E-state index contributed by atoms with van der Waals surface area (Å²) in [6, 6.07) is 11.5. The van der Waals surface area contributed by atoms with Crippen LogP contribution in [0.5, 0.6) is 11.5 Å². The Labute approximate surface area is 179 Å². The third-order valence-electron chi connectivity index (χ3n) is 5.12. The van der Waals surface area contributed by atoms with Gasteiger partial charge in [0.1, 0.15) is 16.9 Å². The van der Waals surface area contributed by atoms with Crippen molar-refractivity contribution in [2.75, 3.05) is 19.5 Å². The molecule has 1 aliphatic rings. The van der Waals surface area contributed by atoms with Crippen LogP contribution in [0.15, 0.2) is 47.4 Å². The van der Waals surface area contributed by atoms with Crippen LogP contribution in [-0.4, -0.2) is 38.7 Å². The molecule has 1 aromatic heterocycles. The molecule has 3 aromatic rings. The molecule has 4 rings (SSSR count). The fourth-order valence-electron chi connectivity index (χ4n) is 3.56. The van der Waals surface area contributed by atoms with Crippen LogP contribution in [0.1, 0.15) is 32.6 Å². The monoisotopic (exact) mass is 442 g/mol. The number of benzene rings is 2. The summed E-state index contributed by atoms with van der Waals surface area (Å²) in [6.45, 7) is 2.12. The summed E-state index contributed by atoms with van der Waals surface area (Å²) in [7, 11) is -0.804. The van der Waals surface area contributed by atoms with Gasteiger partial charge in [-0.1, -0.05) is 12.1 Å². The number of anilines is 1. The van der Waals surface area contributed by atoms with E-state index in [1.807, 2.05) is 13.0 Å². The van der Waals surface area contributed by atoms with Crippen LogP contribution < -0.4 is 20.1 Å². The Bertz CT molecular complexity index is 1250. The van der Waals surface area contributed by atoms with Crippen molar-refractivity contribution < 1.29 is 22.7 Å². The van der Waals surface area contributed by atoms with Crippen molar-refractivity contribution in [1.82, 2.24) is 15.5 Å². The molecular formula is C21H22N4O5S. The minimum Gasteiger partial charge on any atom is -0.497 e. The maximum absolute atomic E-state index is 13.3. The van der Waals surface area contributed by atoms with Gasteiger partial charge in [-0.05, 0) is 42.8 Å². The maximum Gasteiger partial charge on any atom is 0.260 e. The second kappa shape index (κ2) is 8.05. The van der Waals surface area contributed by atoms with Gasteiger partial charge < -0.3 is 14.8 Å². The van der Waals surface area contributed by atoms with Gasteiger partial charge in [-0.25, -0.2) is 8.42 Å². The third-order valence-corrected chi connectivity index (χ3v) is 7.05. The average molecular weight is 442 g/mol. The summed E-state index contributed by atoms with van der Waals surface area (Å²) in [5.74, 6) is 0.493. The van der Waals surface area contributed by atoms with E-state index in [9.17, 15) is 13.2 Å². The molecule has 2 aromatic carbocycles. The van der Waals surface area contributed by atoms with E-state index in [1.165, 1.54) is 14.2 Å². The summed E-state index contributed by atoms with van der Waals surface area (Å²) in [5.41, 5.74) is 2.08. The smallest absolute Gasteiger partial charge is 0.260 e. The standard InChI is InChI=1S/C21H22N4O5S/c1-12-5-4-6-14(9-12)31(27,28)21-18-16(11-22-21)24-25-19(18)23-20(26)15-10-13(29-2)7-8-17(15)30-3/h4-10,21-22H,11H2,1-3H3,(H2,23,24,25,26). The zero-order valence-electron chi connectivity index (χ0n) is 17.2. The Morgan fingerprint density at radius 3 is 2.68 bits per heavy atom. The largest absolute Gasteiger partial charge is 0.497 e. The number of sulfone groups is 1. The van der Waals surface area contributed by atoms with Crippen LogP contribution in [0.4, 0.5) is 5.82 Å². The van der Waals surface area contributed by atoms with Gasteiger partial charge in [-0.3, -0.25) is 15.2 Å². The minimum absolute atomic E-state index is 0.149. The van der Waals surface area contributed by atoms with Crippen molar-refractivity contribution in [2.24, 2.45) is 0 Å². The van der Waals surface area contributed by atoms with E-state index in [2.05, 4.69) is 20.8 Å². The highest BCUT2D eigenvalue weighted by atomic mass is 32.2. The molecule has 0 bridgehead atoms. The second-order valence-electron chi connectivity index (χ2n) is 7.11. The van der Waals surface area contributed by atoms with Crippen molar-refractivity contribution in [1.29, 1.82) is 0 Å². The van der Waals surface area contributed by atoms with E-state index in [0.29, 0.717) is 22.8 Å². The SMILES string of the molecule is COc1ccc(OC)c(C(=O)Nc2n[nH]c3c2C(S(=O)(=O)c2cccc(C)c2)NC3)c1. The van der Waals surface area contributed by atoms with Gasteiger partial charge in [0.05, 0.1) is 35.9 Å². The summed E-state index contributed by atoms with van der Waals surface area (Å²) in [6.07, 6.45) is 0. The predicted molar refractivity (Wildman–Crippen MR) is 114 cm³/mol. The van der Waals surface area contributed by atoms with Crippen molar-refractivity contribution in [3.8, 4) is 11.5 Å². The Morgan fingerprint density at radius 1 is 1.16 bits per heavy atom. The van der Waals surface area contributed by atoms with Gasteiger partial charge in [-0.2, -0.15) is 5.10 Å². The van der Waals surface area contributed by atoms with Gasteiger partial charge in [0.2, 0.25) is 0 Å². The molecular weight excluding hydrogens is 420 g/mol. The van der Waals surface area contributed by atoms with Gasteiger partial charge in [0, 0.05) is 6.54 Å². The van der Waals surface area contributed by atoms with Crippen LogP contribution in [-0.2, 0) is 16.4 Å².